The average molecular weight is 1150 g/mol. The highest BCUT2D eigenvalue weighted by Crippen LogP contribution is 2.35. The van der Waals surface area contributed by atoms with Crippen molar-refractivity contribution in [1.29, 1.82) is 0 Å². The Labute approximate surface area is 488 Å². The van der Waals surface area contributed by atoms with Gasteiger partial charge in [0.2, 0.25) is 35.4 Å². The van der Waals surface area contributed by atoms with Crippen molar-refractivity contribution in [2.24, 2.45) is 0 Å². The van der Waals surface area contributed by atoms with Gasteiger partial charge in [-0.25, -0.2) is 0 Å². The number of aromatic amines is 3. The summed E-state index contributed by atoms with van der Waals surface area (Å²) in [6, 6.07) is 33.6. The molecular formula is C64H67N9O12. The van der Waals surface area contributed by atoms with Gasteiger partial charge in [0.15, 0.2) is 0 Å². The minimum absolute atomic E-state index is 0.0597. The Hall–Kier alpha value is -9.96. The molecule has 21 nitrogen and oxygen atoms in total. The maximum absolute atomic E-state index is 13.6. The molecule has 0 aliphatic rings. The van der Waals surface area contributed by atoms with Crippen LogP contribution in [0, 0.1) is 20.8 Å². The van der Waals surface area contributed by atoms with Crippen LogP contribution in [0.3, 0.4) is 0 Å². The zero-order chi connectivity index (χ0) is 60.5. The molecule has 0 spiro atoms. The van der Waals surface area contributed by atoms with Gasteiger partial charge in [-0.3, -0.25) is 28.8 Å². The molecule has 0 radical (unpaired) electrons. The van der Waals surface area contributed by atoms with Crippen LogP contribution >= 0.6 is 0 Å². The number of anilines is 3. The lowest BCUT2D eigenvalue weighted by molar-refractivity contribution is -0.126. The summed E-state index contributed by atoms with van der Waals surface area (Å²) in [7, 11) is 4.67. The number of aliphatic hydroxyl groups is 3. The van der Waals surface area contributed by atoms with E-state index < -0.39 is 79.3 Å². The molecule has 6 amide bonds. The van der Waals surface area contributed by atoms with Crippen molar-refractivity contribution in [1.82, 2.24) is 30.9 Å². The van der Waals surface area contributed by atoms with Crippen LogP contribution in [0.4, 0.5) is 17.1 Å². The molecule has 0 aliphatic heterocycles. The fraction of sp³-hybridized carbons (Fsp3) is 0.250. The van der Waals surface area contributed by atoms with Gasteiger partial charge in [-0.2, -0.15) is 0 Å². The number of carbonyl (C=O) groups excluding carboxylic acids is 6. The van der Waals surface area contributed by atoms with Crippen molar-refractivity contribution in [3.63, 3.8) is 0 Å². The Bertz CT molecular complexity index is 3520. The highest BCUT2D eigenvalue weighted by Gasteiger charge is 2.27. The normalized spacial score (nSPS) is 12.4. The van der Waals surface area contributed by atoms with Crippen LogP contribution in [0.15, 0.2) is 127 Å². The van der Waals surface area contributed by atoms with Crippen molar-refractivity contribution in [3.05, 3.63) is 178 Å². The number of amides is 6. The van der Waals surface area contributed by atoms with E-state index >= 15 is 0 Å². The first-order chi connectivity index (χ1) is 41.0. The summed E-state index contributed by atoms with van der Waals surface area (Å²) in [5.74, 6) is -1.98. The number of fused-ring (bicyclic) bond motifs is 3. The largest absolute Gasteiger partial charge is 0.497 e. The van der Waals surface area contributed by atoms with E-state index in [-0.39, 0.29) is 19.3 Å². The van der Waals surface area contributed by atoms with E-state index in [1.165, 1.54) is 0 Å². The molecule has 0 aliphatic carbocycles. The van der Waals surface area contributed by atoms with Crippen LogP contribution < -0.4 is 46.1 Å². The number of aryl methyl sites for hydroxylation is 3. The first kappa shape index (κ1) is 59.7. The number of benzene rings is 6. The minimum Gasteiger partial charge on any atom is -0.497 e. The van der Waals surface area contributed by atoms with E-state index in [2.05, 4.69) is 46.9 Å². The van der Waals surface area contributed by atoms with E-state index in [0.717, 1.165) is 83.2 Å². The summed E-state index contributed by atoms with van der Waals surface area (Å²) < 4.78 is 16.1. The minimum atomic E-state index is -1.27. The standard InChI is InChI=1S/C64H67N9O12/c1-34-46(49-25-43(83-4)19-22-52(49)65-34)28-58(77)71-55(31-74)62(80)68-40-13-7-37(8-14-40)61(38-9-15-41(16-10-38)69-63(81)56(32-75)72-59(78)29-47-35(2)66-53-23-20-44(84-5)26-50(47)53)39-11-17-42(18-12-39)70-64(82)57(33-76)73-60(79)30-48-36(3)67-54-24-21-45(85-6)27-51(48)54/h7-27,55-57,61,65-67,74-76H,28-33H2,1-6H3,(H,68,80)(H,69,81)(H,70,82)(H,71,77)(H,72,78)(H,73,79)/t55-,56-,57-/m0/s1. The smallest absolute Gasteiger partial charge is 0.249 e. The van der Waals surface area contributed by atoms with Crippen LogP contribution in [0.5, 0.6) is 17.2 Å². The van der Waals surface area contributed by atoms with Crippen LogP contribution in [-0.4, -0.2) is 125 Å². The number of hydrogen-bond acceptors (Lipinski definition) is 12. The fourth-order valence-corrected chi connectivity index (χ4v) is 10.5. The van der Waals surface area contributed by atoms with Crippen LogP contribution in [0.2, 0.25) is 0 Å². The van der Waals surface area contributed by atoms with Gasteiger partial charge in [0, 0.05) is 72.8 Å². The molecule has 21 heteroatoms. The molecular weight excluding hydrogens is 1090 g/mol. The topological polar surface area (TPSA) is 310 Å². The first-order valence-electron chi connectivity index (χ1n) is 27.4. The van der Waals surface area contributed by atoms with Crippen molar-refractivity contribution in [3.8, 4) is 17.2 Å². The molecule has 440 valence electrons. The second-order valence-electron chi connectivity index (χ2n) is 20.6. The van der Waals surface area contributed by atoms with E-state index in [4.69, 9.17) is 14.2 Å². The predicted octanol–water partition coefficient (Wildman–Crippen LogP) is 6.24. The van der Waals surface area contributed by atoms with Gasteiger partial charge in [0.25, 0.3) is 0 Å². The Morgan fingerprint density at radius 1 is 0.400 bits per heavy atom. The molecule has 0 saturated heterocycles. The number of carbonyl (C=O) groups is 6. The first-order valence-corrected chi connectivity index (χ1v) is 27.4. The van der Waals surface area contributed by atoms with Gasteiger partial charge >= 0.3 is 0 Å². The summed E-state index contributed by atoms with van der Waals surface area (Å²) in [6.07, 6.45) is -0.179. The van der Waals surface area contributed by atoms with E-state index in [1.807, 2.05) is 75.4 Å². The van der Waals surface area contributed by atoms with Crippen molar-refractivity contribution < 1.29 is 58.3 Å². The van der Waals surface area contributed by atoms with Crippen molar-refractivity contribution in [2.45, 2.75) is 64.1 Å². The maximum atomic E-state index is 13.6. The van der Waals surface area contributed by atoms with Crippen LogP contribution in [0.25, 0.3) is 32.7 Å². The zero-order valence-corrected chi connectivity index (χ0v) is 47.7. The summed E-state index contributed by atoms with van der Waals surface area (Å²) in [4.78, 5) is 90.6. The Balaban J connectivity index is 0.897. The summed E-state index contributed by atoms with van der Waals surface area (Å²) in [5, 5.41) is 49.6. The quantitative estimate of drug-likeness (QED) is 0.0300. The number of aromatic nitrogens is 3. The van der Waals surface area contributed by atoms with Gasteiger partial charge < -0.3 is 76.4 Å². The molecule has 6 aromatic carbocycles. The highest BCUT2D eigenvalue weighted by molar-refractivity contribution is 6.01. The van der Waals surface area contributed by atoms with Gasteiger partial charge in [-0.15, -0.1) is 0 Å². The predicted molar refractivity (Wildman–Crippen MR) is 323 cm³/mol. The second-order valence-corrected chi connectivity index (χ2v) is 20.6. The lowest BCUT2D eigenvalue weighted by atomic mass is 9.85. The molecule has 3 aromatic heterocycles. The number of H-pyrrole nitrogens is 3. The van der Waals surface area contributed by atoms with Crippen molar-refractivity contribution in [2.75, 3.05) is 57.1 Å². The number of methoxy groups -OCH3 is 3. The van der Waals surface area contributed by atoms with Crippen molar-refractivity contribution >= 4 is 85.2 Å². The lowest BCUT2D eigenvalue weighted by Gasteiger charge is -2.21. The Morgan fingerprint density at radius 3 is 0.894 bits per heavy atom. The molecule has 3 atom stereocenters. The monoisotopic (exact) mass is 1150 g/mol. The molecule has 9 aromatic rings. The van der Waals surface area contributed by atoms with Crippen LogP contribution in [-0.2, 0) is 48.0 Å². The molecule has 0 saturated carbocycles. The molecule has 0 bridgehead atoms. The van der Waals surface area contributed by atoms with Gasteiger partial charge in [-0.05, 0) is 145 Å². The van der Waals surface area contributed by atoms with Gasteiger partial charge in [0.1, 0.15) is 35.4 Å². The molecule has 85 heavy (non-hydrogen) atoms. The lowest BCUT2D eigenvalue weighted by Crippen LogP contribution is -2.46. The SMILES string of the molecule is COc1ccc2[nH]c(C)c(CC(=O)N[C@@H](CO)C(=O)Nc3ccc(C(c4ccc(NC(=O)[C@H](CO)NC(=O)Cc5c(C)[nH]c6ccc(OC)cc56)cc4)c4ccc(NC(=O)[C@H](CO)NC(=O)Cc5c(C)[nH]c6ccc(OC)cc56)cc4)cc3)c2c1. The number of nitrogens with one attached hydrogen (secondary N) is 9. The summed E-state index contributed by atoms with van der Waals surface area (Å²) >= 11 is 0. The Morgan fingerprint density at radius 2 is 0.659 bits per heavy atom. The molecule has 0 unspecified atom stereocenters. The molecule has 9 rings (SSSR count). The fourth-order valence-electron chi connectivity index (χ4n) is 10.5. The molecule has 0 fully saturated rings. The third kappa shape index (κ3) is 13.8. The maximum Gasteiger partial charge on any atom is 0.249 e. The number of rotatable bonds is 24. The molecule has 3 heterocycles. The van der Waals surface area contributed by atoms with Gasteiger partial charge in [-0.1, -0.05) is 36.4 Å². The second kappa shape index (κ2) is 26.5. The van der Waals surface area contributed by atoms with E-state index in [0.29, 0.717) is 34.3 Å². The summed E-state index contributed by atoms with van der Waals surface area (Å²) in [5.41, 5.74) is 10.4. The number of ether oxygens (including phenoxy) is 3. The van der Waals surface area contributed by atoms with Gasteiger partial charge in [0.05, 0.1) is 60.4 Å². The molecule has 12 N–H and O–H groups in total. The number of hydrogen-bond donors (Lipinski definition) is 12. The number of aliphatic hydroxyl groups excluding tert-OH is 3. The zero-order valence-electron chi connectivity index (χ0n) is 47.7. The van der Waals surface area contributed by atoms with E-state index in [9.17, 15) is 44.1 Å². The average Bonchev–Trinajstić information content (AvgIpc) is 4.26. The third-order valence-corrected chi connectivity index (χ3v) is 15.0. The van der Waals surface area contributed by atoms with E-state index in [1.54, 1.807) is 94.1 Å². The van der Waals surface area contributed by atoms with Crippen LogP contribution in [0.1, 0.15) is 56.4 Å². The Kier molecular flexibility index (Phi) is 18.6. The summed E-state index contributed by atoms with van der Waals surface area (Å²) in [6.45, 7) is 3.55. The highest BCUT2D eigenvalue weighted by atomic mass is 16.5. The third-order valence-electron chi connectivity index (χ3n) is 15.0.